The molecule has 4 aliphatic carbocycles. The van der Waals surface area contributed by atoms with E-state index in [-0.39, 0.29) is 18.3 Å². The molecule has 0 nitrogen and oxygen atoms in total. The number of fused-ring (bicyclic) bond motifs is 5. The van der Waals surface area contributed by atoms with E-state index in [2.05, 4.69) is 135 Å². The Morgan fingerprint density at radius 1 is 0.830 bits per heavy atom. The molecule has 0 fully saturated rings. The van der Waals surface area contributed by atoms with Crippen LogP contribution >= 0.6 is 0 Å². The van der Waals surface area contributed by atoms with Crippen LogP contribution in [0.1, 0.15) is 122 Å². The number of hydrogen-bond donors (Lipinski definition) is 0. The van der Waals surface area contributed by atoms with Crippen LogP contribution in [0.15, 0.2) is 77.9 Å². The predicted molar refractivity (Wildman–Crippen MR) is 204 cm³/mol. The van der Waals surface area contributed by atoms with E-state index < -0.39 is 0 Å². The van der Waals surface area contributed by atoms with E-state index in [1.165, 1.54) is 97.5 Å². The first-order valence-corrected chi connectivity index (χ1v) is 18.7. The van der Waals surface area contributed by atoms with Gasteiger partial charge in [0, 0.05) is 5.41 Å². The van der Waals surface area contributed by atoms with Gasteiger partial charge < -0.3 is 7.43 Å². The quantitative estimate of drug-likeness (QED) is 0.183. The van der Waals surface area contributed by atoms with Gasteiger partial charge in [-0.2, -0.15) is 53.6 Å². The zero-order valence-electron chi connectivity index (χ0n) is 31.3. The Morgan fingerprint density at radius 3 is 1.87 bits per heavy atom. The topological polar surface area (TPSA) is 0 Å². The van der Waals surface area contributed by atoms with Gasteiger partial charge in [-0.1, -0.05) is 117 Å². The summed E-state index contributed by atoms with van der Waals surface area (Å²) in [7, 11) is 0. The third-order valence-electron chi connectivity index (χ3n) is 9.69. The number of allylic oxidation sites excluding steroid dienone is 8. The number of rotatable bonds is 2. The van der Waals surface area contributed by atoms with Crippen molar-refractivity contribution < 1.29 is 24.2 Å². The molecule has 0 amide bonds. The summed E-state index contributed by atoms with van der Waals surface area (Å²) in [5.74, 6) is 0.573. The van der Waals surface area contributed by atoms with Gasteiger partial charge in [0.05, 0.1) is 0 Å². The third-order valence-corrected chi connectivity index (χ3v) is 9.69. The fourth-order valence-electron chi connectivity index (χ4n) is 7.48. The molecule has 0 N–H and O–H groups in total. The maximum Gasteiger partial charge on any atom is -0.171 e. The van der Waals surface area contributed by atoms with Gasteiger partial charge in [-0.15, -0.1) is 11.6 Å². The van der Waals surface area contributed by atoms with Crippen molar-refractivity contribution in [2.24, 2.45) is 11.3 Å². The second-order valence-electron chi connectivity index (χ2n) is 15.1. The van der Waals surface area contributed by atoms with Gasteiger partial charge in [0.25, 0.3) is 0 Å². The van der Waals surface area contributed by atoms with E-state index in [1.54, 1.807) is 0 Å². The average Bonchev–Trinajstić information content (AvgIpc) is 3.73. The molecule has 0 aromatic heterocycles. The minimum atomic E-state index is 0. The first-order chi connectivity index (χ1) is 21.7. The van der Waals surface area contributed by atoms with Crippen LogP contribution in [-0.4, -0.2) is 4.21 Å². The molecule has 0 spiro atoms. The Hall–Kier alpha value is -2.63. The van der Waals surface area contributed by atoms with E-state index >= 15 is 0 Å². The van der Waals surface area contributed by atoms with Crippen molar-refractivity contribution in [2.45, 2.75) is 106 Å². The summed E-state index contributed by atoms with van der Waals surface area (Å²) in [6, 6.07) is 22.3. The Bertz CT molecular complexity index is 1590. The summed E-state index contributed by atoms with van der Waals surface area (Å²) in [6.07, 6.45) is 15.4. The first kappa shape index (κ1) is 38.8. The molecule has 0 aliphatic heterocycles. The zero-order chi connectivity index (χ0) is 34.0. The van der Waals surface area contributed by atoms with Gasteiger partial charge in [0.15, 0.2) is 0 Å². The molecule has 3 aromatic rings. The van der Waals surface area contributed by atoms with Crippen LogP contribution in [0.2, 0.25) is 0 Å². The molecule has 7 rings (SSSR count). The summed E-state index contributed by atoms with van der Waals surface area (Å²) in [6.45, 7) is 25.0. The Labute approximate surface area is 303 Å². The number of benzene rings is 3. The molecular formula is C46H56Zr-4. The molecule has 0 saturated heterocycles. The maximum atomic E-state index is 3.65. The maximum absolute atomic E-state index is 3.65. The van der Waals surface area contributed by atoms with Crippen molar-refractivity contribution in [3.63, 3.8) is 0 Å². The molecule has 3 aromatic carbocycles. The van der Waals surface area contributed by atoms with Crippen LogP contribution < -0.4 is 0 Å². The van der Waals surface area contributed by atoms with E-state index in [0.717, 1.165) is 12.8 Å². The van der Waals surface area contributed by atoms with Crippen LogP contribution in [0.25, 0.3) is 22.3 Å². The smallest absolute Gasteiger partial charge is 0.171 e. The minimum absolute atomic E-state index is 0. The monoisotopic (exact) mass is 698 g/mol. The fraction of sp³-hybridized carbons (Fsp3) is 0.391. The molecule has 1 atom stereocenters. The van der Waals surface area contributed by atoms with Crippen LogP contribution in [0.3, 0.4) is 0 Å². The van der Waals surface area contributed by atoms with Gasteiger partial charge in [-0.05, 0) is 58.4 Å². The molecule has 0 radical (unpaired) electrons. The Balaban J connectivity index is 0.000000229. The number of hydrogen-bond acceptors (Lipinski definition) is 0. The molecule has 248 valence electrons. The van der Waals surface area contributed by atoms with Crippen molar-refractivity contribution in [3.05, 3.63) is 137 Å². The molecule has 0 saturated carbocycles. The Morgan fingerprint density at radius 2 is 1.40 bits per heavy atom. The summed E-state index contributed by atoms with van der Waals surface area (Å²) in [4.78, 5) is 0. The van der Waals surface area contributed by atoms with Crippen LogP contribution in [0.5, 0.6) is 0 Å². The van der Waals surface area contributed by atoms with E-state index in [9.17, 15) is 0 Å². The van der Waals surface area contributed by atoms with Gasteiger partial charge in [0.1, 0.15) is 0 Å². The average molecular weight is 700 g/mol. The van der Waals surface area contributed by atoms with Crippen molar-refractivity contribution in [1.29, 1.82) is 0 Å². The molecule has 0 bridgehead atoms. The largest absolute Gasteiger partial charge is 0.358 e. The normalized spacial score (nSPS) is 18.4. The predicted octanol–water partition coefficient (Wildman–Crippen LogP) is 12.5. The van der Waals surface area contributed by atoms with E-state index in [0.29, 0.717) is 11.3 Å². The molecular weight excluding hydrogens is 644 g/mol. The van der Waals surface area contributed by atoms with Crippen molar-refractivity contribution in [1.82, 2.24) is 0 Å². The van der Waals surface area contributed by atoms with Gasteiger partial charge in [0.2, 0.25) is 0 Å². The minimum Gasteiger partial charge on any atom is -0.358 e. The fourth-order valence-corrected chi connectivity index (χ4v) is 7.48. The summed E-state index contributed by atoms with van der Waals surface area (Å²) in [5, 5.41) is 0. The molecule has 4 aliphatic rings. The van der Waals surface area contributed by atoms with Gasteiger partial charge >= 0.3 is 28.4 Å². The third kappa shape index (κ3) is 8.16. The van der Waals surface area contributed by atoms with Crippen molar-refractivity contribution in [2.75, 3.05) is 0 Å². The van der Waals surface area contributed by atoms with Crippen LogP contribution in [-0.2, 0) is 41.5 Å². The van der Waals surface area contributed by atoms with Crippen LogP contribution in [0, 0.1) is 37.0 Å². The summed E-state index contributed by atoms with van der Waals surface area (Å²) in [5.41, 5.74) is 17.8. The van der Waals surface area contributed by atoms with Crippen LogP contribution in [0.4, 0.5) is 0 Å². The van der Waals surface area contributed by atoms with Crippen molar-refractivity contribution in [3.8, 4) is 11.1 Å². The second-order valence-corrected chi connectivity index (χ2v) is 15.1. The molecule has 47 heavy (non-hydrogen) atoms. The molecule has 0 heterocycles. The summed E-state index contributed by atoms with van der Waals surface area (Å²) >= 11 is 1.30. The van der Waals surface area contributed by atoms with E-state index in [1.807, 2.05) is 30.3 Å². The molecule has 1 heteroatoms. The molecule has 1 unspecified atom stereocenters. The van der Waals surface area contributed by atoms with Crippen molar-refractivity contribution >= 4 is 15.4 Å². The first-order valence-electron chi connectivity index (χ1n) is 16.9. The standard InChI is InChI=1S/C25H25.C13H21.C6H5.CH3.CH2.Zr/c1-14-12-24(3,4)22-8-16-7-17-9-23-19(15(2)13-25(23,5)6)11-21(17)20(16)10-18(14)22;1-6-10-8-11(7-2)12(9-10)13(3,4)5;1-2-4-6-5-3-1;;;/h8-12H,7H2,1-6H3;9-10H,6-7H2,1-5H3;1-5H;1H3;1H2;/q4*-1;;. The van der Waals surface area contributed by atoms with Gasteiger partial charge in [-0.3, -0.25) is 12.2 Å². The SMILES string of the molecule is CC1=[C-]C(C)(C)c2cc3c(cc21)-c1cc2c(cc1C3)C(C)(C)C=C2C.CCC1=[C-]C(CC)C=C1C(C)(C)C.[CH2]=[Zr].[CH3-].[c-]1ccccc1. The Kier molecular flexibility index (Phi) is 12.6. The van der Waals surface area contributed by atoms with Gasteiger partial charge in [-0.25, -0.2) is 11.1 Å². The summed E-state index contributed by atoms with van der Waals surface area (Å²) < 4.78 is 3.34. The second kappa shape index (κ2) is 15.3. The zero-order valence-corrected chi connectivity index (χ0v) is 33.7. The van der Waals surface area contributed by atoms with E-state index in [4.69, 9.17) is 0 Å².